The molecule has 1 aliphatic rings. The van der Waals surface area contributed by atoms with E-state index < -0.39 is 5.97 Å². The van der Waals surface area contributed by atoms with Crippen molar-refractivity contribution >= 4 is 11.9 Å². The van der Waals surface area contributed by atoms with Crippen LogP contribution < -0.4 is 10.6 Å². The molecule has 1 aliphatic heterocycles. The zero-order valence-electron chi connectivity index (χ0n) is 10.4. The molecule has 1 fully saturated rings. The number of hydrogen-bond acceptors (Lipinski definition) is 3. The van der Waals surface area contributed by atoms with Crippen molar-refractivity contribution in [1.29, 1.82) is 0 Å². The zero-order chi connectivity index (χ0) is 12.7. The van der Waals surface area contributed by atoms with Crippen molar-refractivity contribution in [2.24, 2.45) is 5.92 Å². The Balaban J connectivity index is 2.27. The van der Waals surface area contributed by atoms with Crippen molar-refractivity contribution in [3.63, 3.8) is 0 Å². The zero-order valence-corrected chi connectivity index (χ0v) is 10.4. The molecule has 0 aromatic rings. The maximum absolute atomic E-state index is 11.8. The summed E-state index contributed by atoms with van der Waals surface area (Å²) < 4.78 is 0. The summed E-state index contributed by atoms with van der Waals surface area (Å²) in [5, 5.41) is 14.7. The third-order valence-corrected chi connectivity index (χ3v) is 3.23. The van der Waals surface area contributed by atoms with E-state index in [1.54, 1.807) is 0 Å². The number of carbonyl (C=O) groups excluding carboxylic acids is 1. The molecule has 1 rings (SSSR count). The van der Waals surface area contributed by atoms with E-state index in [1.165, 1.54) is 0 Å². The summed E-state index contributed by atoms with van der Waals surface area (Å²) in [7, 11) is 0. The van der Waals surface area contributed by atoms with Crippen LogP contribution in [0.15, 0.2) is 0 Å². The van der Waals surface area contributed by atoms with Gasteiger partial charge in [0, 0.05) is 13.0 Å². The standard InChI is InChI=1S/C12H22N2O3/c1-2-9(7-11(15)16)8-14-12(17)10-5-3-4-6-13-10/h9-10,13H,2-8H2,1H3,(H,14,17)(H,15,16)/t9?,10-/m1/s1. The van der Waals surface area contributed by atoms with E-state index in [0.29, 0.717) is 6.54 Å². The number of aliphatic carboxylic acids is 1. The number of carboxylic acid groups (broad SMARTS) is 1. The minimum atomic E-state index is -0.804. The first-order chi connectivity index (χ1) is 8.13. The third kappa shape index (κ3) is 5.17. The number of piperidine rings is 1. The average molecular weight is 242 g/mol. The summed E-state index contributed by atoms with van der Waals surface area (Å²) in [5.74, 6) is -0.768. The maximum Gasteiger partial charge on any atom is 0.303 e. The smallest absolute Gasteiger partial charge is 0.303 e. The van der Waals surface area contributed by atoms with Crippen LogP contribution in [0.3, 0.4) is 0 Å². The lowest BCUT2D eigenvalue weighted by molar-refractivity contribution is -0.138. The Bertz CT molecular complexity index is 262. The molecule has 0 aromatic carbocycles. The van der Waals surface area contributed by atoms with Gasteiger partial charge in [0.25, 0.3) is 0 Å². The molecule has 1 unspecified atom stereocenters. The first-order valence-electron chi connectivity index (χ1n) is 6.36. The number of carbonyl (C=O) groups is 2. The molecular weight excluding hydrogens is 220 g/mol. The van der Waals surface area contributed by atoms with Crippen LogP contribution in [0.1, 0.15) is 39.0 Å². The van der Waals surface area contributed by atoms with Gasteiger partial charge in [0.15, 0.2) is 0 Å². The lowest BCUT2D eigenvalue weighted by Crippen LogP contribution is -2.47. The first-order valence-corrected chi connectivity index (χ1v) is 6.36. The molecule has 1 amide bonds. The minimum absolute atomic E-state index is 0.00791. The highest BCUT2D eigenvalue weighted by Crippen LogP contribution is 2.09. The lowest BCUT2D eigenvalue weighted by Gasteiger charge is -2.23. The molecule has 0 radical (unpaired) electrons. The van der Waals surface area contributed by atoms with E-state index >= 15 is 0 Å². The second-order valence-corrected chi connectivity index (χ2v) is 4.62. The Hall–Kier alpha value is -1.10. The summed E-state index contributed by atoms with van der Waals surface area (Å²) in [6, 6.07) is -0.0916. The van der Waals surface area contributed by atoms with Crippen molar-refractivity contribution in [2.45, 2.75) is 45.1 Å². The van der Waals surface area contributed by atoms with Gasteiger partial charge in [-0.3, -0.25) is 9.59 Å². The molecule has 17 heavy (non-hydrogen) atoms. The van der Waals surface area contributed by atoms with Crippen molar-refractivity contribution in [3.05, 3.63) is 0 Å². The molecular formula is C12H22N2O3. The van der Waals surface area contributed by atoms with Crippen LogP contribution >= 0.6 is 0 Å². The topological polar surface area (TPSA) is 78.4 Å². The number of hydrogen-bond donors (Lipinski definition) is 3. The highest BCUT2D eigenvalue weighted by Gasteiger charge is 2.21. The van der Waals surface area contributed by atoms with Crippen LogP contribution in [0.25, 0.3) is 0 Å². The van der Waals surface area contributed by atoms with Gasteiger partial charge in [0.1, 0.15) is 0 Å². The third-order valence-electron chi connectivity index (χ3n) is 3.23. The van der Waals surface area contributed by atoms with Gasteiger partial charge in [-0.2, -0.15) is 0 Å². The molecule has 5 heteroatoms. The number of carboxylic acids is 1. The predicted octanol–water partition coefficient (Wildman–Crippen LogP) is 0.746. The molecule has 5 nitrogen and oxygen atoms in total. The Labute approximate surface area is 102 Å². The molecule has 0 saturated carbocycles. The molecule has 1 saturated heterocycles. The Kier molecular flexibility index (Phi) is 5.97. The largest absolute Gasteiger partial charge is 0.481 e. The van der Waals surface area contributed by atoms with Crippen LogP contribution in [0.5, 0.6) is 0 Å². The second kappa shape index (κ2) is 7.27. The Morgan fingerprint density at radius 3 is 2.76 bits per heavy atom. The lowest BCUT2D eigenvalue weighted by atomic mass is 10.0. The quantitative estimate of drug-likeness (QED) is 0.642. The van der Waals surface area contributed by atoms with Crippen LogP contribution in [-0.4, -0.2) is 36.1 Å². The van der Waals surface area contributed by atoms with E-state index in [-0.39, 0.29) is 24.3 Å². The van der Waals surface area contributed by atoms with Gasteiger partial charge in [-0.15, -0.1) is 0 Å². The van der Waals surface area contributed by atoms with Crippen LogP contribution in [-0.2, 0) is 9.59 Å². The van der Waals surface area contributed by atoms with Gasteiger partial charge in [0.2, 0.25) is 5.91 Å². The fourth-order valence-electron chi connectivity index (χ4n) is 2.05. The van der Waals surface area contributed by atoms with Crippen LogP contribution in [0, 0.1) is 5.92 Å². The van der Waals surface area contributed by atoms with E-state index in [0.717, 1.165) is 32.2 Å². The SMILES string of the molecule is CCC(CNC(=O)[C@H]1CCCCN1)CC(=O)O. The Morgan fingerprint density at radius 2 is 2.24 bits per heavy atom. The summed E-state index contributed by atoms with van der Waals surface area (Å²) >= 11 is 0. The van der Waals surface area contributed by atoms with Gasteiger partial charge in [-0.25, -0.2) is 0 Å². The summed E-state index contributed by atoms with van der Waals surface area (Å²) in [6.07, 6.45) is 3.97. The van der Waals surface area contributed by atoms with Gasteiger partial charge in [0.05, 0.1) is 6.04 Å². The highest BCUT2D eigenvalue weighted by molar-refractivity contribution is 5.81. The fourth-order valence-corrected chi connectivity index (χ4v) is 2.05. The highest BCUT2D eigenvalue weighted by atomic mass is 16.4. The molecule has 98 valence electrons. The van der Waals surface area contributed by atoms with Gasteiger partial charge in [-0.1, -0.05) is 19.8 Å². The van der Waals surface area contributed by atoms with E-state index in [2.05, 4.69) is 10.6 Å². The van der Waals surface area contributed by atoms with Gasteiger partial charge >= 0.3 is 5.97 Å². The van der Waals surface area contributed by atoms with Gasteiger partial charge in [-0.05, 0) is 25.3 Å². The van der Waals surface area contributed by atoms with Crippen molar-refractivity contribution < 1.29 is 14.7 Å². The number of amides is 1. The van der Waals surface area contributed by atoms with Crippen molar-refractivity contribution in [3.8, 4) is 0 Å². The monoisotopic (exact) mass is 242 g/mol. The number of rotatable bonds is 6. The molecule has 1 heterocycles. The molecule has 3 N–H and O–H groups in total. The second-order valence-electron chi connectivity index (χ2n) is 4.62. The Morgan fingerprint density at radius 1 is 1.47 bits per heavy atom. The molecule has 0 spiro atoms. The molecule has 0 aromatic heterocycles. The number of nitrogens with one attached hydrogen (secondary N) is 2. The summed E-state index contributed by atoms with van der Waals surface area (Å²) in [5.41, 5.74) is 0. The van der Waals surface area contributed by atoms with Crippen molar-refractivity contribution in [1.82, 2.24) is 10.6 Å². The predicted molar refractivity (Wildman–Crippen MR) is 64.7 cm³/mol. The maximum atomic E-state index is 11.8. The van der Waals surface area contributed by atoms with Crippen LogP contribution in [0.4, 0.5) is 0 Å². The minimum Gasteiger partial charge on any atom is -0.481 e. The molecule has 0 aliphatic carbocycles. The molecule has 0 bridgehead atoms. The fraction of sp³-hybridized carbons (Fsp3) is 0.833. The molecule has 2 atom stereocenters. The van der Waals surface area contributed by atoms with Gasteiger partial charge < -0.3 is 15.7 Å². The average Bonchev–Trinajstić information content (AvgIpc) is 2.34. The van der Waals surface area contributed by atoms with E-state index in [1.807, 2.05) is 6.92 Å². The first kappa shape index (κ1) is 14.0. The summed E-state index contributed by atoms with van der Waals surface area (Å²) in [4.78, 5) is 22.4. The van der Waals surface area contributed by atoms with E-state index in [9.17, 15) is 9.59 Å². The van der Waals surface area contributed by atoms with Crippen LogP contribution in [0.2, 0.25) is 0 Å². The van der Waals surface area contributed by atoms with E-state index in [4.69, 9.17) is 5.11 Å². The normalized spacial score (nSPS) is 21.8. The summed E-state index contributed by atoms with van der Waals surface area (Å²) in [6.45, 7) is 3.29. The van der Waals surface area contributed by atoms with Crippen molar-refractivity contribution in [2.75, 3.05) is 13.1 Å².